The molecule has 0 radical (unpaired) electrons. The number of halogens is 1. The Morgan fingerprint density at radius 3 is 2.65 bits per heavy atom. The Morgan fingerprint density at radius 2 is 1.97 bits per heavy atom. The number of nitrogens with zero attached hydrogens (tertiary/aromatic N) is 4. The molecule has 31 heavy (non-hydrogen) atoms. The zero-order chi connectivity index (χ0) is 21.6. The van der Waals surface area contributed by atoms with E-state index in [0.717, 1.165) is 55.1 Å². The van der Waals surface area contributed by atoms with E-state index in [1.54, 1.807) is 17.6 Å². The number of benzene rings is 1. The Morgan fingerprint density at radius 1 is 1.19 bits per heavy atom. The van der Waals surface area contributed by atoms with Crippen LogP contribution in [0, 0.1) is 11.7 Å². The van der Waals surface area contributed by atoms with Crippen LogP contribution in [0.1, 0.15) is 25.0 Å². The lowest BCUT2D eigenvalue weighted by molar-refractivity contribution is 0.137. The number of thiazole rings is 1. The molecule has 0 saturated carbocycles. The third kappa shape index (κ3) is 5.58. The van der Waals surface area contributed by atoms with Gasteiger partial charge in [0.05, 0.1) is 23.4 Å². The zero-order valence-electron chi connectivity index (χ0n) is 17.2. The fourth-order valence-electron chi connectivity index (χ4n) is 3.92. The van der Waals surface area contributed by atoms with Gasteiger partial charge in [0.1, 0.15) is 11.6 Å². The van der Waals surface area contributed by atoms with E-state index in [2.05, 4.69) is 9.88 Å². The predicted octanol–water partition coefficient (Wildman–Crippen LogP) is 5.13. The van der Waals surface area contributed by atoms with Gasteiger partial charge in [0, 0.05) is 30.6 Å². The molecule has 1 aliphatic heterocycles. The molecule has 6 nitrogen and oxygen atoms in total. The van der Waals surface area contributed by atoms with Crippen molar-refractivity contribution in [2.75, 3.05) is 24.5 Å². The van der Waals surface area contributed by atoms with Crippen LogP contribution in [0.2, 0.25) is 0 Å². The van der Waals surface area contributed by atoms with Crippen molar-refractivity contribution in [3.8, 4) is 11.3 Å². The second kappa shape index (κ2) is 9.87. The summed E-state index contributed by atoms with van der Waals surface area (Å²) in [5.74, 6) is 1.17. The molecule has 1 fully saturated rings. The van der Waals surface area contributed by atoms with E-state index in [9.17, 15) is 14.3 Å². The maximum Gasteiger partial charge on any atom is 0.407 e. The Kier molecular flexibility index (Phi) is 6.76. The van der Waals surface area contributed by atoms with Crippen molar-refractivity contribution in [3.05, 3.63) is 64.9 Å². The SMILES string of the molecule is O=C(O)N(CCC1CCN(c2cccc(-c3ccc(F)cc3)n2)CC1)Cc1cscn1. The highest BCUT2D eigenvalue weighted by Crippen LogP contribution is 2.27. The minimum atomic E-state index is -0.896. The highest BCUT2D eigenvalue weighted by Gasteiger charge is 2.22. The Balaban J connectivity index is 1.31. The highest BCUT2D eigenvalue weighted by molar-refractivity contribution is 7.07. The van der Waals surface area contributed by atoms with Gasteiger partial charge >= 0.3 is 6.09 Å². The van der Waals surface area contributed by atoms with Crippen LogP contribution < -0.4 is 4.90 Å². The van der Waals surface area contributed by atoms with Crippen molar-refractivity contribution < 1.29 is 14.3 Å². The standard InChI is InChI=1S/C23H25FN4O2S/c24-19-6-4-18(5-7-19)21-2-1-3-22(26-21)27-11-8-17(9-12-27)10-13-28(23(29)30)14-20-15-31-16-25-20/h1-7,15-17H,8-14H2,(H,29,30). The van der Waals surface area contributed by atoms with Crippen LogP contribution in [0.4, 0.5) is 15.0 Å². The maximum atomic E-state index is 13.2. The van der Waals surface area contributed by atoms with Crippen molar-refractivity contribution in [1.82, 2.24) is 14.9 Å². The smallest absolute Gasteiger partial charge is 0.407 e. The van der Waals surface area contributed by atoms with Gasteiger partial charge in [-0.2, -0.15) is 0 Å². The third-order valence-corrected chi connectivity index (χ3v) is 6.36. The molecule has 1 N–H and O–H groups in total. The van der Waals surface area contributed by atoms with E-state index >= 15 is 0 Å². The normalized spacial score (nSPS) is 14.5. The molecular weight excluding hydrogens is 415 g/mol. The van der Waals surface area contributed by atoms with E-state index in [1.807, 2.05) is 23.6 Å². The van der Waals surface area contributed by atoms with E-state index in [0.29, 0.717) is 19.0 Å². The summed E-state index contributed by atoms with van der Waals surface area (Å²) in [6.07, 6.45) is 1.97. The minimum Gasteiger partial charge on any atom is -0.465 e. The highest BCUT2D eigenvalue weighted by atomic mass is 32.1. The fraction of sp³-hybridized carbons (Fsp3) is 0.348. The number of anilines is 1. The molecule has 0 aliphatic carbocycles. The largest absolute Gasteiger partial charge is 0.465 e. The zero-order valence-corrected chi connectivity index (χ0v) is 18.0. The molecule has 1 aromatic carbocycles. The second-order valence-corrected chi connectivity index (χ2v) is 8.51. The van der Waals surface area contributed by atoms with Gasteiger partial charge in [0.15, 0.2) is 0 Å². The monoisotopic (exact) mass is 440 g/mol. The Bertz CT molecular complexity index is 989. The number of amides is 1. The molecule has 0 bridgehead atoms. The first-order chi connectivity index (χ1) is 15.1. The quantitative estimate of drug-likeness (QED) is 0.551. The van der Waals surface area contributed by atoms with Crippen molar-refractivity contribution in [2.45, 2.75) is 25.8 Å². The van der Waals surface area contributed by atoms with Gasteiger partial charge in [-0.25, -0.2) is 19.2 Å². The van der Waals surface area contributed by atoms with Gasteiger partial charge in [-0.3, -0.25) is 0 Å². The molecule has 2 aromatic heterocycles. The van der Waals surface area contributed by atoms with E-state index in [1.165, 1.54) is 28.4 Å². The van der Waals surface area contributed by atoms with Crippen molar-refractivity contribution >= 4 is 23.2 Å². The number of rotatable bonds is 7. The summed E-state index contributed by atoms with van der Waals surface area (Å²) in [5.41, 5.74) is 4.25. The van der Waals surface area contributed by atoms with Crippen LogP contribution in [0.25, 0.3) is 11.3 Å². The van der Waals surface area contributed by atoms with Gasteiger partial charge in [-0.1, -0.05) is 6.07 Å². The number of pyridine rings is 1. The third-order valence-electron chi connectivity index (χ3n) is 5.73. The maximum absolute atomic E-state index is 13.2. The van der Waals surface area contributed by atoms with Crippen molar-refractivity contribution in [2.24, 2.45) is 5.92 Å². The first-order valence-electron chi connectivity index (χ1n) is 10.4. The summed E-state index contributed by atoms with van der Waals surface area (Å²) in [5, 5.41) is 11.4. The van der Waals surface area contributed by atoms with E-state index in [4.69, 9.17) is 4.98 Å². The number of carbonyl (C=O) groups is 1. The van der Waals surface area contributed by atoms with Gasteiger partial charge in [0.2, 0.25) is 0 Å². The number of hydrogen-bond acceptors (Lipinski definition) is 5. The van der Waals surface area contributed by atoms with Gasteiger partial charge in [0.25, 0.3) is 0 Å². The lowest BCUT2D eigenvalue weighted by Crippen LogP contribution is -2.36. The molecule has 0 spiro atoms. The summed E-state index contributed by atoms with van der Waals surface area (Å²) in [4.78, 5) is 24.3. The molecule has 4 rings (SSSR count). The molecule has 162 valence electrons. The lowest BCUT2D eigenvalue weighted by atomic mass is 9.93. The first kappa shape index (κ1) is 21.2. The molecule has 8 heteroatoms. The van der Waals surface area contributed by atoms with Crippen LogP contribution in [0.3, 0.4) is 0 Å². The van der Waals surface area contributed by atoms with Crippen LogP contribution in [-0.2, 0) is 6.54 Å². The van der Waals surface area contributed by atoms with Crippen molar-refractivity contribution in [3.63, 3.8) is 0 Å². The number of aromatic nitrogens is 2. The molecule has 1 amide bonds. The topological polar surface area (TPSA) is 69.6 Å². The van der Waals surface area contributed by atoms with Gasteiger partial charge in [-0.15, -0.1) is 11.3 Å². The van der Waals surface area contributed by atoms with Crippen LogP contribution in [-0.4, -0.2) is 45.7 Å². The average Bonchev–Trinajstić information content (AvgIpc) is 3.31. The number of piperidine rings is 1. The summed E-state index contributed by atoms with van der Waals surface area (Å²) in [6, 6.07) is 12.3. The fourth-order valence-corrected chi connectivity index (χ4v) is 4.47. The summed E-state index contributed by atoms with van der Waals surface area (Å²) < 4.78 is 13.2. The molecule has 1 aliphatic rings. The molecule has 0 atom stereocenters. The average molecular weight is 441 g/mol. The van der Waals surface area contributed by atoms with Crippen molar-refractivity contribution in [1.29, 1.82) is 0 Å². The number of carboxylic acid groups (broad SMARTS) is 1. The second-order valence-electron chi connectivity index (χ2n) is 7.79. The molecular formula is C23H25FN4O2S. The van der Waals surface area contributed by atoms with Crippen LogP contribution >= 0.6 is 11.3 Å². The van der Waals surface area contributed by atoms with E-state index in [-0.39, 0.29) is 5.82 Å². The van der Waals surface area contributed by atoms with Gasteiger partial charge < -0.3 is 14.9 Å². The van der Waals surface area contributed by atoms with Gasteiger partial charge in [-0.05, 0) is 61.6 Å². The first-order valence-corrected chi connectivity index (χ1v) is 11.4. The summed E-state index contributed by atoms with van der Waals surface area (Å²) in [6.45, 7) is 2.65. The molecule has 3 heterocycles. The summed E-state index contributed by atoms with van der Waals surface area (Å²) in [7, 11) is 0. The minimum absolute atomic E-state index is 0.255. The molecule has 1 saturated heterocycles. The predicted molar refractivity (Wildman–Crippen MR) is 120 cm³/mol. The number of hydrogen-bond donors (Lipinski definition) is 1. The Labute approximate surface area is 185 Å². The molecule has 0 unspecified atom stereocenters. The van der Waals surface area contributed by atoms with Crippen LogP contribution in [0.5, 0.6) is 0 Å². The Hall–Kier alpha value is -3.00. The molecule has 3 aromatic rings. The van der Waals surface area contributed by atoms with Crippen LogP contribution in [0.15, 0.2) is 53.4 Å². The van der Waals surface area contributed by atoms with E-state index < -0.39 is 6.09 Å². The summed E-state index contributed by atoms with van der Waals surface area (Å²) >= 11 is 1.48. The lowest BCUT2D eigenvalue weighted by Gasteiger charge is -2.33.